The first-order valence-corrected chi connectivity index (χ1v) is 3.54. The van der Waals surface area contributed by atoms with Crippen LogP contribution in [0.25, 0.3) is 0 Å². The van der Waals surface area contributed by atoms with Gasteiger partial charge in [0.2, 0.25) is 0 Å². The fourth-order valence-electron chi connectivity index (χ4n) is 0.701. The van der Waals surface area contributed by atoms with Gasteiger partial charge in [-0.2, -0.15) is 8.78 Å². The number of carboxylic acid groups (broad SMARTS) is 1. The van der Waals surface area contributed by atoms with Gasteiger partial charge in [-0.1, -0.05) is 13.8 Å². The highest BCUT2D eigenvalue weighted by atomic mass is 19.3. The lowest BCUT2D eigenvalue weighted by Gasteiger charge is -2.32. The number of aliphatic hydroxyl groups is 1. The Bertz CT molecular complexity index is 203. The van der Waals surface area contributed by atoms with Gasteiger partial charge in [-0.25, -0.2) is 9.18 Å². The summed E-state index contributed by atoms with van der Waals surface area (Å²) in [4.78, 5) is 10.1. The average molecular weight is 200 g/mol. The summed E-state index contributed by atoms with van der Waals surface area (Å²) in [7, 11) is 0. The van der Waals surface area contributed by atoms with Gasteiger partial charge in [-0.15, -0.1) is 0 Å². The summed E-state index contributed by atoms with van der Waals surface area (Å²) in [6, 6.07) is 0. The Balaban J connectivity index is 4.90. The van der Waals surface area contributed by atoms with Crippen LogP contribution in [0.15, 0.2) is 0 Å². The van der Waals surface area contributed by atoms with E-state index < -0.39 is 30.1 Å². The molecular formula is C7H11F3O3. The van der Waals surface area contributed by atoms with E-state index in [1.807, 2.05) is 0 Å². The number of hydrogen-bond acceptors (Lipinski definition) is 2. The zero-order chi connectivity index (χ0) is 10.9. The van der Waals surface area contributed by atoms with Crippen LogP contribution in [0.1, 0.15) is 13.8 Å². The maximum absolute atomic E-state index is 12.8. The van der Waals surface area contributed by atoms with Crippen LogP contribution < -0.4 is 0 Å². The van der Waals surface area contributed by atoms with Crippen molar-refractivity contribution in [3.63, 3.8) is 0 Å². The Hall–Kier alpha value is -0.780. The zero-order valence-corrected chi connectivity index (χ0v) is 7.22. The van der Waals surface area contributed by atoms with Crippen molar-refractivity contribution in [2.75, 3.05) is 6.61 Å². The third kappa shape index (κ3) is 1.93. The molecule has 0 fully saturated rings. The molecule has 0 aromatic carbocycles. The summed E-state index contributed by atoms with van der Waals surface area (Å²) in [5.74, 6) is -6.59. The number of hydrogen-bond donors (Lipinski definition) is 2. The summed E-state index contributed by atoms with van der Waals surface area (Å²) in [5.41, 5.74) is -2.42. The molecule has 13 heavy (non-hydrogen) atoms. The summed E-state index contributed by atoms with van der Waals surface area (Å²) >= 11 is 0. The van der Waals surface area contributed by atoms with Crippen molar-refractivity contribution in [2.24, 2.45) is 5.41 Å². The molecule has 2 N–H and O–H groups in total. The van der Waals surface area contributed by atoms with Crippen LogP contribution in [-0.2, 0) is 4.79 Å². The number of aliphatic hydroxyl groups excluding tert-OH is 1. The molecule has 0 radical (unpaired) electrons. The molecule has 0 spiro atoms. The lowest BCUT2D eigenvalue weighted by atomic mass is 9.81. The van der Waals surface area contributed by atoms with Gasteiger partial charge in [-0.05, 0) is 0 Å². The Morgan fingerprint density at radius 3 is 2.08 bits per heavy atom. The van der Waals surface area contributed by atoms with Gasteiger partial charge in [0.1, 0.15) is 6.17 Å². The lowest BCUT2D eigenvalue weighted by Crippen LogP contribution is -2.50. The lowest BCUT2D eigenvalue weighted by molar-refractivity contribution is -0.194. The van der Waals surface area contributed by atoms with Crippen molar-refractivity contribution in [1.82, 2.24) is 0 Å². The van der Waals surface area contributed by atoms with E-state index >= 15 is 0 Å². The highest BCUT2D eigenvalue weighted by Gasteiger charge is 2.57. The first kappa shape index (κ1) is 12.2. The maximum atomic E-state index is 12.8. The molecule has 0 aliphatic carbocycles. The first-order chi connectivity index (χ1) is 5.67. The van der Waals surface area contributed by atoms with Crippen molar-refractivity contribution in [2.45, 2.75) is 25.9 Å². The van der Waals surface area contributed by atoms with Crippen LogP contribution in [-0.4, -0.2) is 34.9 Å². The maximum Gasteiger partial charge on any atom is 0.375 e. The number of carbonyl (C=O) groups is 1. The van der Waals surface area contributed by atoms with E-state index in [0.29, 0.717) is 0 Å². The largest absolute Gasteiger partial charge is 0.477 e. The van der Waals surface area contributed by atoms with E-state index in [4.69, 9.17) is 10.2 Å². The van der Waals surface area contributed by atoms with E-state index in [-0.39, 0.29) is 0 Å². The molecule has 78 valence electrons. The van der Waals surface area contributed by atoms with Gasteiger partial charge < -0.3 is 10.2 Å². The molecule has 0 aromatic rings. The van der Waals surface area contributed by atoms with Crippen molar-refractivity contribution in [3.05, 3.63) is 0 Å². The molecule has 0 aliphatic heterocycles. The molecule has 1 atom stereocenters. The molecule has 1 unspecified atom stereocenters. The highest BCUT2D eigenvalue weighted by molar-refractivity contribution is 5.76. The molecule has 0 heterocycles. The van der Waals surface area contributed by atoms with Crippen LogP contribution in [0, 0.1) is 5.41 Å². The SMILES string of the molecule is CC(C)(C(F)CO)C(F)(F)C(=O)O. The third-order valence-electron chi connectivity index (χ3n) is 2.02. The van der Waals surface area contributed by atoms with Crippen LogP contribution in [0.3, 0.4) is 0 Å². The molecule has 0 amide bonds. The van der Waals surface area contributed by atoms with Crippen molar-refractivity contribution in [3.8, 4) is 0 Å². The summed E-state index contributed by atoms with van der Waals surface area (Å²) in [6.45, 7) is 0.375. The standard InChI is InChI=1S/C7H11F3O3/c1-6(2,4(8)3-11)7(9,10)5(12)13/h4,11H,3H2,1-2H3,(H,12,13). The summed E-state index contributed by atoms with van der Waals surface area (Å²) in [6.07, 6.45) is -2.28. The smallest absolute Gasteiger partial charge is 0.375 e. The summed E-state index contributed by atoms with van der Waals surface area (Å²) < 4.78 is 38.4. The minimum absolute atomic E-state index is 0.752. The Morgan fingerprint density at radius 2 is 1.85 bits per heavy atom. The highest BCUT2D eigenvalue weighted by Crippen LogP contribution is 2.40. The van der Waals surface area contributed by atoms with Crippen molar-refractivity contribution >= 4 is 5.97 Å². The second-order valence-electron chi connectivity index (χ2n) is 3.25. The van der Waals surface area contributed by atoms with E-state index in [1.54, 1.807) is 0 Å². The van der Waals surface area contributed by atoms with Crippen molar-refractivity contribution in [1.29, 1.82) is 0 Å². The zero-order valence-electron chi connectivity index (χ0n) is 7.22. The molecule has 0 saturated heterocycles. The average Bonchev–Trinajstić information content (AvgIpc) is 2.02. The number of rotatable bonds is 4. The number of halogens is 3. The molecular weight excluding hydrogens is 189 g/mol. The minimum atomic E-state index is -4.20. The number of aliphatic carboxylic acids is 1. The molecule has 0 aromatic heterocycles. The molecule has 0 saturated carbocycles. The second-order valence-corrected chi connectivity index (χ2v) is 3.25. The molecule has 0 bridgehead atoms. The van der Waals surface area contributed by atoms with E-state index in [9.17, 15) is 18.0 Å². The quantitative estimate of drug-likeness (QED) is 0.713. The van der Waals surface area contributed by atoms with Gasteiger partial charge in [0.05, 0.1) is 12.0 Å². The Kier molecular flexibility index (Phi) is 3.32. The van der Waals surface area contributed by atoms with Gasteiger partial charge >= 0.3 is 11.9 Å². The fourth-order valence-corrected chi connectivity index (χ4v) is 0.701. The van der Waals surface area contributed by atoms with Crippen molar-refractivity contribution < 1.29 is 28.2 Å². The van der Waals surface area contributed by atoms with Gasteiger partial charge in [0.15, 0.2) is 0 Å². The van der Waals surface area contributed by atoms with Crippen LogP contribution in [0.4, 0.5) is 13.2 Å². The van der Waals surface area contributed by atoms with E-state index in [1.165, 1.54) is 0 Å². The van der Waals surface area contributed by atoms with E-state index in [2.05, 4.69) is 0 Å². The minimum Gasteiger partial charge on any atom is -0.477 e. The molecule has 0 aliphatic rings. The van der Waals surface area contributed by atoms with Crippen LogP contribution in [0.2, 0.25) is 0 Å². The number of alkyl halides is 3. The first-order valence-electron chi connectivity index (χ1n) is 3.54. The molecule has 0 rings (SSSR count). The topological polar surface area (TPSA) is 57.5 Å². The fraction of sp³-hybridized carbons (Fsp3) is 0.857. The Labute approximate surface area is 73.2 Å². The van der Waals surface area contributed by atoms with Gasteiger partial charge in [0.25, 0.3) is 0 Å². The van der Waals surface area contributed by atoms with Crippen LogP contribution >= 0.6 is 0 Å². The number of carboxylic acids is 1. The van der Waals surface area contributed by atoms with Crippen LogP contribution in [0.5, 0.6) is 0 Å². The van der Waals surface area contributed by atoms with Gasteiger partial charge in [0, 0.05) is 0 Å². The normalized spacial score (nSPS) is 15.5. The van der Waals surface area contributed by atoms with E-state index in [0.717, 1.165) is 13.8 Å². The molecule has 6 heteroatoms. The second kappa shape index (κ2) is 3.53. The van der Waals surface area contributed by atoms with Gasteiger partial charge in [-0.3, -0.25) is 0 Å². The predicted octanol–water partition coefficient (Wildman–Crippen LogP) is 1.06. The Morgan fingerprint density at radius 1 is 1.46 bits per heavy atom. The third-order valence-corrected chi connectivity index (χ3v) is 2.02. The summed E-state index contributed by atoms with van der Waals surface area (Å²) in [5, 5.41) is 16.4. The monoisotopic (exact) mass is 200 g/mol. The molecule has 3 nitrogen and oxygen atoms in total. The predicted molar refractivity (Wildman–Crippen MR) is 38.3 cm³/mol.